The summed E-state index contributed by atoms with van der Waals surface area (Å²) in [5.41, 5.74) is 3.16. The van der Waals surface area contributed by atoms with Gasteiger partial charge in [0.05, 0.1) is 6.54 Å². The van der Waals surface area contributed by atoms with Crippen molar-refractivity contribution in [2.24, 2.45) is 0 Å². The molecule has 0 atom stereocenters. The van der Waals surface area contributed by atoms with E-state index in [4.69, 9.17) is 0 Å². The number of nitrogens with zero attached hydrogens (tertiary/aromatic N) is 1. The van der Waals surface area contributed by atoms with Crippen LogP contribution in [0.25, 0.3) is 0 Å². The predicted octanol–water partition coefficient (Wildman–Crippen LogP) is 3.01. The van der Waals surface area contributed by atoms with Crippen molar-refractivity contribution in [2.45, 2.75) is 25.7 Å². The average molecular weight is 364 g/mol. The third-order valence-electron chi connectivity index (χ3n) is 4.02. The van der Waals surface area contributed by atoms with E-state index in [1.54, 1.807) is 19.1 Å². The lowest BCUT2D eigenvalue weighted by Crippen LogP contribution is -2.35. The number of amides is 1. The third kappa shape index (κ3) is 4.24. The molecule has 0 bridgehead atoms. The van der Waals surface area contributed by atoms with E-state index < -0.39 is 33.2 Å². The fourth-order valence-corrected chi connectivity index (χ4v) is 3.61. The molecule has 2 aromatic carbocycles. The van der Waals surface area contributed by atoms with Crippen LogP contribution in [-0.4, -0.2) is 32.2 Å². The highest BCUT2D eigenvalue weighted by Gasteiger charge is 2.26. The molecule has 0 heterocycles. The van der Waals surface area contributed by atoms with E-state index in [0.717, 1.165) is 21.5 Å². The second kappa shape index (κ2) is 7.33. The molecule has 0 aliphatic rings. The first-order valence-corrected chi connectivity index (χ1v) is 9.15. The van der Waals surface area contributed by atoms with Crippen LogP contribution in [0.2, 0.25) is 0 Å². The molecule has 0 aromatic heterocycles. The number of anilines is 1. The van der Waals surface area contributed by atoms with E-state index in [0.29, 0.717) is 11.3 Å². The molecule has 0 saturated carbocycles. The lowest BCUT2D eigenvalue weighted by molar-refractivity contribution is -0.116. The second-order valence-corrected chi connectivity index (χ2v) is 8.00. The molecule has 5 nitrogen and oxygen atoms in total. The van der Waals surface area contributed by atoms with Gasteiger partial charge in [-0.3, -0.25) is 4.79 Å². The summed E-state index contributed by atoms with van der Waals surface area (Å²) in [6.07, 6.45) is 0. The maximum atomic E-state index is 13.9. The van der Waals surface area contributed by atoms with Crippen LogP contribution in [0.15, 0.2) is 41.3 Å². The highest BCUT2D eigenvalue weighted by Crippen LogP contribution is 2.21. The Labute approximate surface area is 147 Å². The van der Waals surface area contributed by atoms with Gasteiger partial charge >= 0.3 is 0 Å². The van der Waals surface area contributed by atoms with Gasteiger partial charge in [0.25, 0.3) is 0 Å². The quantitative estimate of drug-likeness (QED) is 0.887. The van der Waals surface area contributed by atoms with Crippen molar-refractivity contribution < 1.29 is 17.6 Å². The zero-order valence-corrected chi connectivity index (χ0v) is 15.4. The fourth-order valence-electron chi connectivity index (χ4n) is 2.34. The maximum Gasteiger partial charge on any atom is 0.246 e. The minimum absolute atomic E-state index is 0.414. The van der Waals surface area contributed by atoms with Gasteiger partial charge in [0.15, 0.2) is 0 Å². The van der Waals surface area contributed by atoms with Gasteiger partial charge in [-0.1, -0.05) is 18.2 Å². The first-order chi connectivity index (χ1) is 11.6. The Kier molecular flexibility index (Phi) is 5.59. The summed E-state index contributed by atoms with van der Waals surface area (Å²) < 4.78 is 39.8. The van der Waals surface area contributed by atoms with Crippen molar-refractivity contribution in [1.29, 1.82) is 0 Å². The normalized spacial score (nSPS) is 11.6. The summed E-state index contributed by atoms with van der Waals surface area (Å²) in [5, 5.41) is 2.69. The average Bonchev–Trinajstić information content (AvgIpc) is 2.53. The Hall–Kier alpha value is -2.25. The lowest BCUT2D eigenvalue weighted by Gasteiger charge is -2.18. The van der Waals surface area contributed by atoms with E-state index in [2.05, 4.69) is 5.32 Å². The molecule has 0 aliphatic heterocycles. The molecular formula is C18H21FN2O3S. The van der Waals surface area contributed by atoms with Crippen molar-refractivity contribution in [3.05, 3.63) is 58.9 Å². The first-order valence-electron chi connectivity index (χ1n) is 7.71. The van der Waals surface area contributed by atoms with Crippen LogP contribution < -0.4 is 5.32 Å². The second-order valence-electron chi connectivity index (χ2n) is 5.99. The number of hydrogen-bond acceptors (Lipinski definition) is 3. The number of aryl methyl sites for hydroxylation is 2. The standard InChI is InChI=1S/C18H21FN2O3S/c1-12-8-9-15(19)17(10-12)25(23,24)21(4)11-18(22)20-16-7-5-6-13(2)14(16)3/h5-10H,11H2,1-4H3,(H,20,22). The van der Waals surface area contributed by atoms with Gasteiger partial charge in [-0.15, -0.1) is 0 Å². The zero-order chi connectivity index (χ0) is 18.8. The molecule has 0 unspecified atom stereocenters. The Morgan fingerprint density at radius 3 is 2.52 bits per heavy atom. The number of nitrogens with one attached hydrogen (secondary N) is 1. The van der Waals surface area contributed by atoms with Gasteiger partial charge in [0.2, 0.25) is 15.9 Å². The number of benzene rings is 2. The molecule has 0 fully saturated rings. The lowest BCUT2D eigenvalue weighted by atomic mass is 10.1. The Bertz CT molecular complexity index is 911. The van der Waals surface area contributed by atoms with E-state index in [9.17, 15) is 17.6 Å². The highest BCUT2D eigenvalue weighted by molar-refractivity contribution is 7.89. The highest BCUT2D eigenvalue weighted by atomic mass is 32.2. The summed E-state index contributed by atoms with van der Waals surface area (Å²) >= 11 is 0. The number of carbonyl (C=O) groups excluding carboxylic acids is 1. The van der Waals surface area contributed by atoms with Gasteiger partial charge in [0, 0.05) is 12.7 Å². The molecule has 1 amide bonds. The molecule has 0 radical (unpaired) electrons. The fraction of sp³-hybridized carbons (Fsp3) is 0.278. The van der Waals surface area contributed by atoms with Crippen molar-refractivity contribution >= 4 is 21.6 Å². The summed E-state index contributed by atoms with van der Waals surface area (Å²) in [7, 11) is -2.85. The number of likely N-dealkylation sites (N-methyl/N-ethyl adjacent to an activating group) is 1. The van der Waals surface area contributed by atoms with Crippen molar-refractivity contribution in [1.82, 2.24) is 4.31 Å². The smallest absolute Gasteiger partial charge is 0.246 e. The van der Waals surface area contributed by atoms with Gasteiger partial charge in [0.1, 0.15) is 10.7 Å². The molecule has 0 spiro atoms. The largest absolute Gasteiger partial charge is 0.325 e. The van der Waals surface area contributed by atoms with E-state index in [-0.39, 0.29) is 0 Å². The topological polar surface area (TPSA) is 66.5 Å². The minimum atomic E-state index is -4.10. The molecule has 0 aliphatic carbocycles. The van der Waals surface area contributed by atoms with E-state index in [1.165, 1.54) is 19.2 Å². The van der Waals surface area contributed by atoms with Gasteiger partial charge in [-0.2, -0.15) is 4.31 Å². The Morgan fingerprint density at radius 2 is 1.84 bits per heavy atom. The molecule has 0 saturated heterocycles. The molecule has 1 N–H and O–H groups in total. The van der Waals surface area contributed by atoms with Crippen LogP contribution in [0.1, 0.15) is 16.7 Å². The van der Waals surface area contributed by atoms with Crippen LogP contribution in [0.5, 0.6) is 0 Å². The number of rotatable bonds is 5. The summed E-state index contributed by atoms with van der Waals surface area (Å²) in [6, 6.07) is 9.31. The monoisotopic (exact) mass is 364 g/mol. The number of halogens is 1. The number of sulfonamides is 1. The molecule has 2 aromatic rings. The van der Waals surface area contributed by atoms with Crippen LogP contribution in [0.3, 0.4) is 0 Å². The van der Waals surface area contributed by atoms with Crippen LogP contribution in [0, 0.1) is 26.6 Å². The van der Waals surface area contributed by atoms with Crippen LogP contribution in [0.4, 0.5) is 10.1 Å². The Morgan fingerprint density at radius 1 is 1.16 bits per heavy atom. The van der Waals surface area contributed by atoms with Crippen molar-refractivity contribution in [3.63, 3.8) is 0 Å². The summed E-state index contributed by atoms with van der Waals surface area (Å²) in [6.45, 7) is 5.05. The van der Waals surface area contributed by atoms with E-state index in [1.807, 2.05) is 19.9 Å². The molecule has 7 heteroatoms. The van der Waals surface area contributed by atoms with Gasteiger partial charge < -0.3 is 5.32 Å². The van der Waals surface area contributed by atoms with Crippen LogP contribution >= 0.6 is 0 Å². The van der Waals surface area contributed by atoms with E-state index >= 15 is 0 Å². The SMILES string of the molecule is Cc1ccc(F)c(S(=O)(=O)N(C)CC(=O)Nc2cccc(C)c2C)c1. The predicted molar refractivity (Wildman–Crippen MR) is 95.5 cm³/mol. The van der Waals surface area contributed by atoms with Gasteiger partial charge in [-0.25, -0.2) is 12.8 Å². The number of hydrogen-bond donors (Lipinski definition) is 1. The summed E-state index contributed by atoms with van der Waals surface area (Å²) in [4.78, 5) is 11.8. The van der Waals surface area contributed by atoms with Crippen LogP contribution in [-0.2, 0) is 14.8 Å². The minimum Gasteiger partial charge on any atom is -0.325 e. The molecule has 25 heavy (non-hydrogen) atoms. The molecular weight excluding hydrogens is 343 g/mol. The summed E-state index contributed by atoms with van der Waals surface area (Å²) in [5.74, 6) is -1.33. The van der Waals surface area contributed by atoms with Crippen molar-refractivity contribution in [3.8, 4) is 0 Å². The van der Waals surface area contributed by atoms with Crippen molar-refractivity contribution in [2.75, 3.05) is 18.9 Å². The number of carbonyl (C=O) groups is 1. The third-order valence-corrected chi connectivity index (χ3v) is 5.84. The van der Waals surface area contributed by atoms with Gasteiger partial charge in [-0.05, 0) is 55.7 Å². The zero-order valence-electron chi connectivity index (χ0n) is 14.6. The molecule has 2 rings (SSSR count). The first kappa shape index (κ1) is 19.1. The Balaban J connectivity index is 2.17. The molecule has 134 valence electrons. The maximum absolute atomic E-state index is 13.9.